The van der Waals surface area contributed by atoms with Gasteiger partial charge in [-0.3, -0.25) is 9.59 Å². The van der Waals surface area contributed by atoms with Gasteiger partial charge < -0.3 is 24.5 Å². The Kier molecular flexibility index (Phi) is 10.1. The molecule has 0 radical (unpaired) electrons. The van der Waals surface area contributed by atoms with E-state index in [4.69, 9.17) is 9.47 Å². The van der Waals surface area contributed by atoms with Crippen molar-refractivity contribution in [3.05, 3.63) is 162 Å². The number of benzene rings is 4. The fourth-order valence-corrected chi connectivity index (χ4v) is 10.2. The maximum absolute atomic E-state index is 14.3. The van der Waals surface area contributed by atoms with Crippen LogP contribution in [0.4, 0.5) is 0 Å². The molecule has 5 rings (SSSR count). The molecule has 5 aromatic rings. The van der Waals surface area contributed by atoms with Crippen molar-refractivity contribution in [2.45, 2.75) is 12.6 Å². The van der Waals surface area contributed by atoms with Crippen molar-refractivity contribution in [3.63, 3.8) is 0 Å². The number of carbonyl (C=O) groups excluding carboxylic acids is 3. The first-order valence-corrected chi connectivity index (χ1v) is 16.3. The quantitative estimate of drug-likeness (QED) is 0.0736. The summed E-state index contributed by atoms with van der Waals surface area (Å²) in [5.74, 6) is -3.28. The fourth-order valence-electron chi connectivity index (χ4n) is 5.61. The molecule has 8 nitrogen and oxygen atoms in total. The van der Waals surface area contributed by atoms with E-state index in [2.05, 4.69) is 5.32 Å². The van der Waals surface area contributed by atoms with Gasteiger partial charge in [-0.15, -0.1) is 0 Å². The molecule has 1 aromatic heterocycles. The lowest BCUT2D eigenvalue weighted by Crippen LogP contribution is -2.40. The summed E-state index contributed by atoms with van der Waals surface area (Å²) in [7, 11) is -0.746. The first kappa shape index (κ1) is 31.9. The highest BCUT2D eigenvalue weighted by molar-refractivity contribution is 7.99. The Labute approximate surface area is 268 Å². The van der Waals surface area contributed by atoms with E-state index in [1.807, 2.05) is 121 Å². The number of amides is 1. The van der Waals surface area contributed by atoms with Gasteiger partial charge in [-0.2, -0.15) is 0 Å². The molecule has 0 aliphatic heterocycles. The Morgan fingerprint density at radius 1 is 0.696 bits per heavy atom. The third-order valence-electron chi connectivity index (χ3n) is 7.66. The molecular formula is C37H33N2O6P. The van der Waals surface area contributed by atoms with Gasteiger partial charge in [0.15, 0.2) is 6.04 Å². The lowest BCUT2D eigenvalue weighted by Gasteiger charge is -2.35. The summed E-state index contributed by atoms with van der Waals surface area (Å²) in [6.07, 6.45) is 1.50. The minimum absolute atomic E-state index is 0.0837. The standard InChI is InChI=1S/C37H33N2O6P/c1-44-36(42)32(39-25-15-24-31(39)33(40)35(41)38-26-27-16-7-3-8-17-27)34(37(43)45-2)46(28-18-9-4-10-19-28,29-20-11-5-12-21-29)30-22-13-6-14-23-30/h3-25,32H,26H2,1-2H3,(H-,38,41,43)/b37-34-. The number of methoxy groups -OCH3 is 2. The fraction of sp³-hybridized carbons (Fsp3) is 0.108. The highest BCUT2D eigenvalue weighted by Gasteiger charge is 2.55. The van der Waals surface area contributed by atoms with E-state index in [1.54, 1.807) is 6.07 Å². The molecular weight excluding hydrogens is 599 g/mol. The highest BCUT2D eigenvalue weighted by atomic mass is 31.2. The molecule has 1 atom stereocenters. The van der Waals surface area contributed by atoms with Crippen molar-refractivity contribution >= 4 is 40.8 Å². The minimum Gasteiger partial charge on any atom is -0.614 e. The average molecular weight is 633 g/mol. The number of rotatable bonds is 12. The molecule has 1 N–H and O–H groups in total. The Morgan fingerprint density at radius 2 is 1.17 bits per heavy atom. The van der Waals surface area contributed by atoms with Gasteiger partial charge in [0.05, 0.1) is 18.7 Å². The van der Waals surface area contributed by atoms with Crippen LogP contribution in [0.1, 0.15) is 22.1 Å². The van der Waals surface area contributed by atoms with Gasteiger partial charge in [0, 0.05) is 12.7 Å². The molecule has 0 saturated carbocycles. The molecule has 46 heavy (non-hydrogen) atoms. The molecule has 1 unspecified atom stereocenters. The molecule has 0 bridgehead atoms. The Bertz CT molecular complexity index is 1730. The zero-order chi connectivity index (χ0) is 32.5. The van der Waals surface area contributed by atoms with E-state index in [0.29, 0.717) is 0 Å². The summed E-state index contributed by atoms with van der Waals surface area (Å²) in [5.41, 5.74) is 0.727. The van der Waals surface area contributed by atoms with Gasteiger partial charge in [0.25, 0.3) is 11.7 Å². The number of ether oxygens (including phenoxy) is 2. The summed E-state index contributed by atoms with van der Waals surface area (Å²) < 4.78 is 12.1. The van der Waals surface area contributed by atoms with E-state index >= 15 is 0 Å². The van der Waals surface area contributed by atoms with Crippen LogP contribution in [0.25, 0.3) is 0 Å². The average Bonchev–Trinajstić information content (AvgIpc) is 3.61. The number of hydrogen-bond donors (Lipinski definition) is 1. The van der Waals surface area contributed by atoms with Crippen molar-refractivity contribution in [1.82, 2.24) is 9.88 Å². The van der Waals surface area contributed by atoms with E-state index in [-0.39, 0.29) is 17.6 Å². The van der Waals surface area contributed by atoms with Crippen LogP contribution in [0.2, 0.25) is 0 Å². The minimum atomic E-state index is -3.22. The van der Waals surface area contributed by atoms with Gasteiger partial charge in [0.1, 0.15) is 28.5 Å². The maximum Gasteiger partial charge on any atom is 0.337 e. The van der Waals surface area contributed by atoms with Crippen LogP contribution >= 0.6 is 7.26 Å². The number of nitrogens with zero attached hydrogens (tertiary/aromatic N) is 1. The number of ketones is 1. The zero-order valence-corrected chi connectivity index (χ0v) is 26.3. The smallest absolute Gasteiger partial charge is 0.337 e. The van der Waals surface area contributed by atoms with Crippen molar-refractivity contribution in [3.8, 4) is 0 Å². The van der Waals surface area contributed by atoms with Crippen molar-refractivity contribution in [2.24, 2.45) is 0 Å². The van der Waals surface area contributed by atoms with Crippen LogP contribution in [0.3, 0.4) is 0 Å². The van der Waals surface area contributed by atoms with Crippen LogP contribution in [0.5, 0.6) is 0 Å². The first-order valence-electron chi connectivity index (χ1n) is 14.6. The van der Waals surface area contributed by atoms with Crippen LogP contribution in [0, 0.1) is 0 Å². The van der Waals surface area contributed by atoms with E-state index < -0.39 is 36.9 Å². The first-order chi connectivity index (χ1) is 22.4. The second-order valence-electron chi connectivity index (χ2n) is 10.3. The molecule has 4 aromatic carbocycles. The predicted molar refractivity (Wildman–Crippen MR) is 177 cm³/mol. The number of carbonyl (C=O) groups is 3. The van der Waals surface area contributed by atoms with Gasteiger partial charge in [-0.05, 0) is 61.2 Å². The topological polar surface area (TPSA) is 110 Å². The zero-order valence-electron chi connectivity index (χ0n) is 25.4. The summed E-state index contributed by atoms with van der Waals surface area (Å²) in [6, 6.07) is 39.1. The largest absolute Gasteiger partial charge is 0.614 e. The Balaban J connectivity index is 1.75. The monoisotopic (exact) mass is 632 g/mol. The Morgan fingerprint density at radius 3 is 1.63 bits per heavy atom. The maximum atomic E-state index is 14.3. The SMILES string of the molecule is COC(=O)C(/C(=C(\[O-])OC)[P+](c1ccccc1)(c1ccccc1)c1ccccc1)n1cccc1C(=O)C(=O)NCc1ccccc1. The molecule has 1 heterocycles. The molecule has 1 amide bonds. The summed E-state index contributed by atoms with van der Waals surface area (Å²) in [5, 5.41) is 19.4. The lowest BCUT2D eigenvalue weighted by atomic mass is 10.2. The third-order valence-corrected chi connectivity index (χ3v) is 12.0. The number of esters is 1. The molecule has 0 aliphatic carbocycles. The van der Waals surface area contributed by atoms with Crippen molar-refractivity contribution in [2.75, 3.05) is 14.2 Å². The van der Waals surface area contributed by atoms with Crippen molar-refractivity contribution < 1.29 is 29.0 Å². The third kappa shape index (κ3) is 6.21. The number of aromatic nitrogens is 1. The van der Waals surface area contributed by atoms with Gasteiger partial charge in [0.2, 0.25) is 0 Å². The van der Waals surface area contributed by atoms with Crippen LogP contribution in [-0.4, -0.2) is 36.4 Å². The molecule has 232 valence electrons. The Hall–Kier alpha value is -5.46. The molecule has 0 spiro atoms. The second kappa shape index (κ2) is 14.5. The number of Topliss-reactive ketones (excluding diaryl/α,β-unsaturated/α-hetero) is 1. The van der Waals surface area contributed by atoms with E-state index in [0.717, 1.165) is 21.5 Å². The van der Waals surface area contributed by atoms with Gasteiger partial charge in [-0.25, -0.2) is 4.79 Å². The van der Waals surface area contributed by atoms with Crippen LogP contribution in [0.15, 0.2) is 151 Å². The predicted octanol–water partition coefficient (Wildman–Crippen LogP) is 3.87. The van der Waals surface area contributed by atoms with E-state index in [9.17, 15) is 19.5 Å². The second-order valence-corrected chi connectivity index (χ2v) is 13.7. The molecule has 0 saturated heterocycles. The van der Waals surface area contributed by atoms with Gasteiger partial charge >= 0.3 is 5.97 Å². The number of hydrogen-bond acceptors (Lipinski definition) is 6. The highest BCUT2D eigenvalue weighted by Crippen LogP contribution is 2.66. The lowest BCUT2D eigenvalue weighted by molar-refractivity contribution is -0.354. The summed E-state index contributed by atoms with van der Waals surface area (Å²) in [4.78, 5) is 40.9. The van der Waals surface area contributed by atoms with E-state index in [1.165, 1.54) is 31.0 Å². The summed E-state index contributed by atoms with van der Waals surface area (Å²) >= 11 is 0. The summed E-state index contributed by atoms with van der Waals surface area (Å²) in [6.45, 7) is 0.136. The van der Waals surface area contributed by atoms with Crippen LogP contribution in [-0.2, 0) is 25.6 Å². The van der Waals surface area contributed by atoms with Gasteiger partial charge in [-0.1, -0.05) is 84.9 Å². The molecule has 0 aliphatic rings. The molecule has 9 heteroatoms. The van der Waals surface area contributed by atoms with Crippen molar-refractivity contribution in [1.29, 1.82) is 0 Å². The normalized spacial score (nSPS) is 12.4. The number of nitrogens with one attached hydrogen (secondary N) is 1. The molecule has 0 fully saturated rings. The van der Waals surface area contributed by atoms with Crippen LogP contribution < -0.4 is 26.3 Å².